The molecule has 1 unspecified atom stereocenters. The summed E-state index contributed by atoms with van der Waals surface area (Å²) in [5, 5.41) is 1.47. The van der Waals surface area contributed by atoms with Crippen molar-refractivity contribution in [2.75, 3.05) is 0 Å². The molecular formula is C12H16N2O2. The van der Waals surface area contributed by atoms with Crippen LogP contribution in [0.2, 0.25) is 0 Å². The van der Waals surface area contributed by atoms with Crippen LogP contribution in [0.4, 0.5) is 0 Å². The Morgan fingerprint density at radius 3 is 2.19 bits per heavy atom. The molecule has 0 aliphatic heterocycles. The molecule has 1 aliphatic rings. The molecule has 1 aromatic heterocycles. The van der Waals surface area contributed by atoms with Crippen molar-refractivity contribution >= 4 is 16.9 Å². The Morgan fingerprint density at radius 1 is 1.06 bits per heavy atom. The highest BCUT2D eigenvalue weighted by molar-refractivity contribution is 6.18. The third-order valence-electron chi connectivity index (χ3n) is 3.68. The number of hydrogen-bond acceptors (Lipinski definition) is 2. The number of ketones is 1. The van der Waals surface area contributed by atoms with Gasteiger partial charge in [0.05, 0.1) is 10.6 Å². The lowest BCUT2D eigenvalue weighted by molar-refractivity contribution is -0.115. The zero-order chi connectivity index (χ0) is 12.2. The molecule has 2 rings (SSSR count). The van der Waals surface area contributed by atoms with Crippen LogP contribution in [-0.2, 0) is 18.9 Å². The Bertz CT molecular complexity index is 658. The fraction of sp³-hybridized carbons (Fsp3) is 0.500. The molecule has 86 valence electrons. The van der Waals surface area contributed by atoms with Crippen LogP contribution >= 0.6 is 0 Å². The van der Waals surface area contributed by atoms with Crippen LogP contribution in [0.3, 0.4) is 0 Å². The molecule has 0 bridgehead atoms. The van der Waals surface area contributed by atoms with Gasteiger partial charge in [-0.2, -0.15) is 0 Å². The Balaban J connectivity index is 3.21. The molecule has 0 aromatic carbocycles. The van der Waals surface area contributed by atoms with E-state index in [9.17, 15) is 9.59 Å². The minimum atomic E-state index is -0.178. The zero-order valence-electron chi connectivity index (χ0n) is 10.3. The van der Waals surface area contributed by atoms with E-state index in [0.717, 1.165) is 10.9 Å². The van der Waals surface area contributed by atoms with Crippen molar-refractivity contribution in [2.45, 2.75) is 20.8 Å². The van der Waals surface area contributed by atoms with Gasteiger partial charge in [0.1, 0.15) is 0 Å². The van der Waals surface area contributed by atoms with E-state index >= 15 is 0 Å². The van der Waals surface area contributed by atoms with Crippen molar-refractivity contribution < 1.29 is 4.79 Å². The Kier molecular flexibility index (Phi) is 2.19. The normalized spacial score (nSPS) is 20.3. The first-order valence-electron chi connectivity index (χ1n) is 5.35. The predicted octanol–water partition coefficient (Wildman–Crippen LogP) is -0.716. The average Bonchev–Trinajstić information content (AvgIpc) is 2.48. The number of fused-ring (bicyclic) bond motifs is 1. The first-order chi connectivity index (χ1) is 7.37. The SMILES string of the molecule is CC1=c2c(=O)n(C)n(C)c2=C(C)C(=O)C1C. The molecule has 0 N–H and O–H groups in total. The van der Waals surface area contributed by atoms with Gasteiger partial charge < -0.3 is 0 Å². The summed E-state index contributed by atoms with van der Waals surface area (Å²) in [6, 6.07) is 0. The molecule has 4 heteroatoms. The fourth-order valence-electron chi connectivity index (χ4n) is 2.35. The van der Waals surface area contributed by atoms with E-state index in [1.54, 1.807) is 30.4 Å². The van der Waals surface area contributed by atoms with Crippen molar-refractivity contribution in [3.8, 4) is 0 Å². The van der Waals surface area contributed by atoms with Crippen molar-refractivity contribution in [1.82, 2.24) is 9.36 Å². The lowest BCUT2D eigenvalue weighted by atomic mass is 9.88. The molecular weight excluding hydrogens is 204 g/mol. The van der Waals surface area contributed by atoms with Gasteiger partial charge in [-0.1, -0.05) is 6.92 Å². The molecule has 0 saturated carbocycles. The summed E-state index contributed by atoms with van der Waals surface area (Å²) in [6.45, 7) is 5.52. The van der Waals surface area contributed by atoms with Gasteiger partial charge >= 0.3 is 0 Å². The Hall–Kier alpha value is -1.58. The van der Waals surface area contributed by atoms with Gasteiger partial charge in [0, 0.05) is 25.6 Å². The van der Waals surface area contributed by atoms with E-state index in [2.05, 4.69) is 0 Å². The molecule has 1 aromatic rings. The first kappa shape index (κ1) is 10.9. The summed E-state index contributed by atoms with van der Waals surface area (Å²) < 4.78 is 3.29. The van der Waals surface area contributed by atoms with E-state index < -0.39 is 0 Å². The topological polar surface area (TPSA) is 44.0 Å². The number of rotatable bonds is 0. The van der Waals surface area contributed by atoms with Crippen LogP contribution < -0.4 is 16.1 Å². The molecule has 16 heavy (non-hydrogen) atoms. The summed E-state index contributed by atoms with van der Waals surface area (Å²) in [4.78, 5) is 24.0. The molecule has 1 heterocycles. The summed E-state index contributed by atoms with van der Waals surface area (Å²) in [5.41, 5.74) is 1.55. The highest BCUT2D eigenvalue weighted by atomic mass is 16.1. The maximum atomic E-state index is 12.0. The second-order valence-corrected chi connectivity index (χ2v) is 4.47. The Morgan fingerprint density at radius 2 is 1.62 bits per heavy atom. The quantitative estimate of drug-likeness (QED) is 0.579. The predicted molar refractivity (Wildman–Crippen MR) is 62.2 cm³/mol. The summed E-state index contributed by atoms with van der Waals surface area (Å²) in [7, 11) is 3.52. The van der Waals surface area contributed by atoms with E-state index in [-0.39, 0.29) is 17.3 Å². The third-order valence-corrected chi connectivity index (χ3v) is 3.68. The summed E-state index contributed by atoms with van der Waals surface area (Å²) >= 11 is 0. The molecule has 0 spiro atoms. The maximum Gasteiger partial charge on any atom is 0.274 e. The summed E-state index contributed by atoms with van der Waals surface area (Å²) in [6.07, 6.45) is 0. The van der Waals surface area contributed by atoms with Gasteiger partial charge in [0.2, 0.25) is 0 Å². The number of aromatic nitrogens is 2. The molecule has 4 nitrogen and oxygen atoms in total. The standard InChI is InChI=1S/C12H16N2O2/c1-6-7(2)11(15)8(3)10-9(6)12(16)14(5)13(10)4/h7H,1-5H3. The largest absolute Gasteiger partial charge is 0.294 e. The van der Waals surface area contributed by atoms with Crippen LogP contribution in [0, 0.1) is 5.92 Å². The van der Waals surface area contributed by atoms with E-state index in [1.807, 2.05) is 13.8 Å². The van der Waals surface area contributed by atoms with Gasteiger partial charge in [-0.25, -0.2) is 0 Å². The number of nitrogens with zero attached hydrogens (tertiary/aromatic N) is 2. The van der Waals surface area contributed by atoms with Gasteiger partial charge in [-0.15, -0.1) is 0 Å². The number of carbonyl (C=O) groups excluding carboxylic acids is 1. The minimum absolute atomic E-state index is 0.0197. The van der Waals surface area contributed by atoms with Crippen LogP contribution in [0.25, 0.3) is 11.1 Å². The molecule has 1 atom stereocenters. The van der Waals surface area contributed by atoms with Crippen molar-refractivity contribution in [1.29, 1.82) is 0 Å². The van der Waals surface area contributed by atoms with Crippen molar-refractivity contribution in [2.24, 2.45) is 20.0 Å². The lowest BCUT2D eigenvalue weighted by Crippen LogP contribution is -2.45. The summed E-state index contributed by atoms with van der Waals surface area (Å²) in [5.74, 6) is -0.0613. The van der Waals surface area contributed by atoms with Crippen LogP contribution in [0.5, 0.6) is 0 Å². The second-order valence-electron chi connectivity index (χ2n) is 4.47. The van der Waals surface area contributed by atoms with E-state index in [4.69, 9.17) is 0 Å². The van der Waals surface area contributed by atoms with Gasteiger partial charge in [-0.3, -0.25) is 19.0 Å². The van der Waals surface area contributed by atoms with Gasteiger partial charge in [-0.05, 0) is 19.4 Å². The monoisotopic (exact) mass is 220 g/mol. The number of carbonyl (C=O) groups is 1. The number of hydrogen-bond donors (Lipinski definition) is 0. The Labute approximate surface area is 93.5 Å². The van der Waals surface area contributed by atoms with Crippen LogP contribution in [0.15, 0.2) is 4.79 Å². The van der Waals surface area contributed by atoms with Gasteiger partial charge in [0.25, 0.3) is 5.56 Å². The van der Waals surface area contributed by atoms with E-state index in [1.165, 1.54) is 0 Å². The molecule has 0 fully saturated rings. The van der Waals surface area contributed by atoms with Crippen LogP contribution in [0.1, 0.15) is 20.8 Å². The average molecular weight is 220 g/mol. The van der Waals surface area contributed by atoms with Crippen LogP contribution in [-0.4, -0.2) is 15.1 Å². The molecule has 0 saturated heterocycles. The van der Waals surface area contributed by atoms with Crippen molar-refractivity contribution in [3.05, 3.63) is 20.9 Å². The highest BCUT2D eigenvalue weighted by Crippen LogP contribution is 2.16. The second kappa shape index (κ2) is 3.20. The fourth-order valence-corrected chi connectivity index (χ4v) is 2.35. The molecule has 0 radical (unpaired) electrons. The first-order valence-corrected chi connectivity index (χ1v) is 5.35. The third kappa shape index (κ3) is 1.10. The molecule has 0 amide bonds. The van der Waals surface area contributed by atoms with Gasteiger partial charge in [0.15, 0.2) is 5.78 Å². The maximum absolute atomic E-state index is 12.0. The zero-order valence-corrected chi connectivity index (χ0v) is 10.3. The number of Topliss-reactive ketones (excluding diaryl/α,β-unsaturated/α-hetero) is 1. The van der Waals surface area contributed by atoms with E-state index in [0.29, 0.717) is 10.8 Å². The minimum Gasteiger partial charge on any atom is -0.294 e. The smallest absolute Gasteiger partial charge is 0.274 e. The highest BCUT2D eigenvalue weighted by Gasteiger charge is 2.25. The van der Waals surface area contributed by atoms with Crippen molar-refractivity contribution in [3.63, 3.8) is 0 Å². The molecule has 1 aliphatic carbocycles. The lowest BCUT2D eigenvalue weighted by Gasteiger charge is -2.15.